The van der Waals surface area contributed by atoms with Crippen molar-refractivity contribution in [1.82, 2.24) is 10.2 Å². The molecule has 0 saturated heterocycles. The summed E-state index contributed by atoms with van der Waals surface area (Å²) in [6.45, 7) is 6.31. The Hall–Kier alpha value is -2.41. The maximum Gasteiger partial charge on any atom is 0.261 e. The molecule has 0 heterocycles. The van der Waals surface area contributed by atoms with Crippen LogP contribution in [0.5, 0.6) is 5.75 Å². The lowest BCUT2D eigenvalue weighted by Crippen LogP contribution is -2.50. The van der Waals surface area contributed by atoms with Gasteiger partial charge < -0.3 is 15.0 Å². The van der Waals surface area contributed by atoms with Crippen molar-refractivity contribution in [2.24, 2.45) is 0 Å². The van der Waals surface area contributed by atoms with Crippen LogP contribution in [-0.4, -0.2) is 35.9 Å². The van der Waals surface area contributed by atoms with Crippen molar-refractivity contribution >= 4 is 27.7 Å². The van der Waals surface area contributed by atoms with Gasteiger partial charge in [0.15, 0.2) is 6.61 Å². The fourth-order valence-electron chi connectivity index (χ4n) is 3.01. The highest BCUT2D eigenvalue weighted by molar-refractivity contribution is 9.10. The molecule has 0 bridgehead atoms. The van der Waals surface area contributed by atoms with Crippen molar-refractivity contribution in [3.05, 3.63) is 63.9 Å². The Morgan fingerprint density at radius 1 is 1.17 bits per heavy atom. The molecular weight excluding hydrogens is 451 g/mol. The van der Waals surface area contributed by atoms with Crippen LogP contribution in [0.15, 0.2) is 46.9 Å². The third kappa shape index (κ3) is 6.83. The zero-order valence-corrected chi connectivity index (χ0v) is 19.2. The molecule has 1 atom stereocenters. The van der Waals surface area contributed by atoms with E-state index in [1.807, 2.05) is 32.9 Å². The van der Waals surface area contributed by atoms with Crippen molar-refractivity contribution in [3.8, 4) is 5.75 Å². The van der Waals surface area contributed by atoms with Gasteiger partial charge in [0, 0.05) is 17.6 Å². The van der Waals surface area contributed by atoms with E-state index in [9.17, 15) is 14.0 Å². The van der Waals surface area contributed by atoms with E-state index < -0.39 is 6.04 Å². The second-order valence-electron chi connectivity index (χ2n) is 7.06. The molecule has 7 heteroatoms. The predicted octanol–water partition coefficient (Wildman–Crippen LogP) is 4.61. The lowest BCUT2D eigenvalue weighted by molar-refractivity contribution is -0.143. The van der Waals surface area contributed by atoms with Gasteiger partial charge in [-0.1, -0.05) is 41.9 Å². The first-order chi connectivity index (χ1) is 14.3. The molecule has 162 valence electrons. The maximum absolute atomic E-state index is 13.3. The van der Waals surface area contributed by atoms with Crippen LogP contribution in [0, 0.1) is 12.7 Å². The molecule has 0 aliphatic rings. The van der Waals surface area contributed by atoms with Crippen LogP contribution in [0.1, 0.15) is 37.8 Å². The number of carbonyl (C=O) groups excluding carboxylic acids is 2. The molecule has 0 fully saturated rings. The molecule has 30 heavy (non-hydrogen) atoms. The van der Waals surface area contributed by atoms with Crippen molar-refractivity contribution in [3.63, 3.8) is 0 Å². The molecule has 0 aliphatic carbocycles. The molecule has 5 nitrogen and oxygen atoms in total. The molecule has 2 aromatic rings. The fraction of sp³-hybridized carbons (Fsp3) is 0.391. The summed E-state index contributed by atoms with van der Waals surface area (Å²) in [5, 5.41) is 2.86. The van der Waals surface area contributed by atoms with Crippen LogP contribution < -0.4 is 10.1 Å². The summed E-state index contributed by atoms with van der Waals surface area (Å²) in [5.74, 6) is -0.278. The van der Waals surface area contributed by atoms with E-state index in [0.29, 0.717) is 18.7 Å². The lowest BCUT2D eigenvalue weighted by atomic mass is 10.1. The highest BCUT2D eigenvalue weighted by Crippen LogP contribution is 2.22. The number of ether oxygens (including phenoxy) is 1. The molecule has 1 N–H and O–H groups in total. The van der Waals surface area contributed by atoms with Gasteiger partial charge in [0.25, 0.3) is 5.91 Å². The van der Waals surface area contributed by atoms with E-state index in [1.54, 1.807) is 18.2 Å². The Labute approximate surface area is 185 Å². The van der Waals surface area contributed by atoms with Gasteiger partial charge in [-0.15, -0.1) is 0 Å². The standard InChI is InChI=1S/C23H28BrFN2O3/c1-4-12-26-23(29)21(5-2)27(14-17-6-8-18(25)9-7-17)22(28)15-30-19-10-11-20(24)16(3)13-19/h6-11,13,21H,4-5,12,14-15H2,1-3H3,(H,26,29)/t21-/m0/s1. The minimum atomic E-state index is -0.635. The summed E-state index contributed by atoms with van der Waals surface area (Å²) in [5.41, 5.74) is 1.74. The number of amides is 2. The topological polar surface area (TPSA) is 58.6 Å². The van der Waals surface area contributed by atoms with Gasteiger partial charge in [0.05, 0.1) is 0 Å². The third-order valence-corrected chi connectivity index (χ3v) is 5.58. The van der Waals surface area contributed by atoms with Crippen molar-refractivity contribution in [2.75, 3.05) is 13.2 Å². The van der Waals surface area contributed by atoms with Gasteiger partial charge in [-0.2, -0.15) is 0 Å². The summed E-state index contributed by atoms with van der Waals surface area (Å²) < 4.78 is 19.9. The summed E-state index contributed by atoms with van der Waals surface area (Å²) in [4.78, 5) is 27.2. The third-order valence-electron chi connectivity index (χ3n) is 4.69. The average molecular weight is 479 g/mol. The quantitative estimate of drug-likeness (QED) is 0.542. The van der Waals surface area contributed by atoms with Crippen LogP contribution in [0.25, 0.3) is 0 Å². The second kappa shape index (κ2) is 11.7. The maximum atomic E-state index is 13.3. The normalized spacial score (nSPS) is 11.6. The molecular formula is C23H28BrFN2O3. The molecule has 2 rings (SSSR count). The van der Waals surface area contributed by atoms with Crippen LogP contribution in [0.4, 0.5) is 4.39 Å². The predicted molar refractivity (Wildman–Crippen MR) is 119 cm³/mol. The Bertz CT molecular complexity index is 858. The summed E-state index contributed by atoms with van der Waals surface area (Å²) in [6, 6.07) is 10.8. The summed E-state index contributed by atoms with van der Waals surface area (Å²) in [7, 11) is 0. The second-order valence-corrected chi connectivity index (χ2v) is 7.92. The molecule has 0 unspecified atom stereocenters. The zero-order valence-electron chi connectivity index (χ0n) is 17.6. The van der Waals surface area contributed by atoms with Crippen molar-refractivity contribution in [2.45, 2.75) is 46.2 Å². The monoisotopic (exact) mass is 478 g/mol. The van der Waals surface area contributed by atoms with E-state index in [0.717, 1.165) is 22.0 Å². The largest absolute Gasteiger partial charge is 0.484 e. The zero-order chi connectivity index (χ0) is 22.1. The lowest BCUT2D eigenvalue weighted by Gasteiger charge is -2.30. The fourth-order valence-corrected chi connectivity index (χ4v) is 3.25. The Balaban J connectivity index is 2.18. The van der Waals surface area contributed by atoms with E-state index in [4.69, 9.17) is 4.74 Å². The smallest absolute Gasteiger partial charge is 0.261 e. The van der Waals surface area contributed by atoms with Crippen LogP contribution in [0.3, 0.4) is 0 Å². The van der Waals surface area contributed by atoms with Crippen LogP contribution in [-0.2, 0) is 16.1 Å². The van der Waals surface area contributed by atoms with Crippen LogP contribution in [0.2, 0.25) is 0 Å². The highest BCUT2D eigenvalue weighted by Gasteiger charge is 2.28. The van der Waals surface area contributed by atoms with Gasteiger partial charge in [-0.25, -0.2) is 4.39 Å². The number of hydrogen-bond acceptors (Lipinski definition) is 3. The number of nitrogens with one attached hydrogen (secondary N) is 1. The molecule has 0 aliphatic heterocycles. The molecule has 2 aromatic carbocycles. The Morgan fingerprint density at radius 2 is 1.87 bits per heavy atom. The number of nitrogens with zero attached hydrogens (tertiary/aromatic N) is 1. The van der Waals surface area contributed by atoms with Gasteiger partial charge in [-0.05, 0) is 61.2 Å². The minimum absolute atomic E-state index is 0.194. The number of halogens is 2. The van der Waals surface area contributed by atoms with Gasteiger partial charge in [0.2, 0.25) is 5.91 Å². The van der Waals surface area contributed by atoms with Gasteiger partial charge >= 0.3 is 0 Å². The first-order valence-electron chi connectivity index (χ1n) is 10.1. The van der Waals surface area contributed by atoms with Crippen molar-refractivity contribution in [1.29, 1.82) is 0 Å². The van der Waals surface area contributed by atoms with E-state index in [-0.39, 0.29) is 30.8 Å². The molecule has 0 aromatic heterocycles. The number of carbonyl (C=O) groups is 2. The minimum Gasteiger partial charge on any atom is -0.484 e. The first-order valence-corrected chi connectivity index (χ1v) is 10.9. The Morgan fingerprint density at radius 3 is 2.47 bits per heavy atom. The first kappa shape index (κ1) is 23.9. The highest BCUT2D eigenvalue weighted by atomic mass is 79.9. The van der Waals surface area contributed by atoms with E-state index >= 15 is 0 Å². The molecule has 0 spiro atoms. The van der Waals surface area contributed by atoms with Gasteiger partial charge in [0.1, 0.15) is 17.6 Å². The van der Waals surface area contributed by atoms with Gasteiger partial charge in [-0.3, -0.25) is 9.59 Å². The molecule has 2 amide bonds. The molecule has 0 saturated carbocycles. The molecule has 0 radical (unpaired) electrons. The number of benzene rings is 2. The Kier molecular flexibility index (Phi) is 9.30. The summed E-state index contributed by atoms with van der Waals surface area (Å²) >= 11 is 3.44. The summed E-state index contributed by atoms with van der Waals surface area (Å²) in [6.07, 6.45) is 1.26. The van der Waals surface area contributed by atoms with Crippen molar-refractivity contribution < 1.29 is 18.7 Å². The number of rotatable bonds is 10. The van der Waals surface area contributed by atoms with E-state index in [1.165, 1.54) is 17.0 Å². The van der Waals surface area contributed by atoms with E-state index in [2.05, 4.69) is 21.2 Å². The number of hydrogen-bond donors (Lipinski definition) is 1. The van der Waals surface area contributed by atoms with Crippen LogP contribution >= 0.6 is 15.9 Å². The SMILES string of the molecule is CCCNC(=O)[C@H](CC)N(Cc1ccc(F)cc1)C(=O)COc1ccc(Br)c(C)c1. The average Bonchev–Trinajstić information content (AvgIpc) is 2.74. The number of aryl methyl sites for hydroxylation is 1.